The number of hydrogen-bond acceptors (Lipinski definition) is 19. The van der Waals surface area contributed by atoms with Crippen LogP contribution in [0.2, 0.25) is 0 Å². The number of hydrogen-bond donors (Lipinski definition) is 1. The third-order valence-corrected chi connectivity index (χ3v) is 12.0. The fourth-order valence-electron chi connectivity index (χ4n) is 8.00. The van der Waals surface area contributed by atoms with E-state index in [1.54, 1.807) is 24.3 Å². The van der Waals surface area contributed by atoms with Crippen molar-refractivity contribution in [1.82, 2.24) is 39.6 Å². The first kappa shape index (κ1) is 66.1. The minimum atomic E-state index is -0.632. The molecule has 2 fully saturated rings. The molecular formula is C54H92N10O11. The molecule has 2 aromatic carbocycles. The molecule has 0 atom stereocenters. The van der Waals surface area contributed by atoms with E-state index in [1.807, 2.05) is 88.8 Å². The largest absolute Gasteiger partial charge is 0.459 e. The molecule has 21 nitrogen and oxygen atoms in total. The summed E-state index contributed by atoms with van der Waals surface area (Å²) in [7, 11) is 0. The maximum atomic E-state index is 12.8. The molecule has 1 N–H and O–H groups in total. The van der Waals surface area contributed by atoms with Gasteiger partial charge in [0.25, 0.3) is 11.4 Å². The zero-order chi connectivity index (χ0) is 56.2. The normalized spacial score (nSPS) is 16.3. The molecule has 2 saturated heterocycles. The molecule has 0 aromatic heterocycles. The molecule has 0 spiro atoms. The smallest absolute Gasteiger partial charge is 0.320 e. The number of aldehydes is 1. The van der Waals surface area contributed by atoms with E-state index in [0.29, 0.717) is 72.0 Å². The summed E-state index contributed by atoms with van der Waals surface area (Å²) in [4.78, 5) is 84.6. The molecule has 75 heavy (non-hydrogen) atoms. The first-order valence-electron chi connectivity index (χ1n) is 26.5. The van der Waals surface area contributed by atoms with Crippen molar-refractivity contribution in [3.05, 3.63) is 79.9 Å². The highest BCUT2D eigenvalue weighted by molar-refractivity contribution is 5.73. The Bertz CT molecular complexity index is 1950. The number of nitro groups is 2. The number of nitrogens with one attached hydrogen (secondary N) is 1. The van der Waals surface area contributed by atoms with E-state index in [9.17, 15) is 39.4 Å². The van der Waals surface area contributed by atoms with Gasteiger partial charge in [-0.1, -0.05) is 45.0 Å². The average Bonchev–Trinajstić information content (AvgIpc) is 3.49. The highest BCUT2D eigenvalue weighted by Crippen LogP contribution is 2.17. The van der Waals surface area contributed by atoms with Crippen LogP contribution in [0.15, 0.2) is 48.5 Å². The van der Waals surface area contributed by atoms with Crippen LogP contribution in [0.3, 0.4) is 0 Å². The summed E-state index contributed by atoms with van der Waals surface area (Å²) in [5, 5.41) is 25.0. The van der Waals surface area contributed by atoms with E-state index >= 15 is 0 Å². The van der Waals surface area contributed by atoms with Crippen molar-refractivity contribution in [3.63, 3.8) is 0 Å². The molecular weight excluding hydrogens is 965 g/mol. The number of ether oxygens (including phenoxy) is 3. The minimum absolute atomic E-state index is 0.00557. The molecule has 0 amide bonds. The van der Waals surface area contributed by atoms with Crippen molar-refractivity contribution in [2.45, 2.75) is 113 Å². The number of carbonyl (C=O) groups excluding carboxylic acids is 4. The van der Waals surface area contributed by atoms with Crippen molar-refractivity contribution in [2.24, 2.45) is 0 Å². The number of nitro benzene ring substituents is 2. The van der Waals surface area contributed by atoms with Gasteiger partial charge in [-0.15, -0.1) is 0 Å². The fraction of sp³-hybridized carbons (Fsp3) is 0.704. The lowest BCUT2D eigenvalue weighted by molar-refractivity contribution is -0.385. The molecule has 2 aromatic rings. The van der Waals surface area contributed by atoms with Gasteiger partial charge in [0.1, 0.15) is 23.1 Å². The van der Waals surface area contributed by atoms with Gasteiger partial charge in [0.15, 0.2) is 0 Å². The van der Waals surface area contributed by atoms with Gasteiger partial charge in [0.05, 0.1) is 36.0 Å². The minimum Gasteiger partial charge on any atom is -0.459 e. The molecule has 21 heteroatoms. The van der Waals surface area contributed by atoms with Crippen molar-refractivity contribution >= 4 is 35.6 Å². The molecule has 0 bridgehead atoms. The lowest BCUT2D eigenvalue weighted by atomic mass is 10.2. The van der Waals surface area contributed by atoms with E-state index in [2.05, 4.69) is 33.9 Å². The Hall–Kier alpha value is -5.00. The summed E-state index contributed by atoms with van der Waals surface area (Å²) in [6, 6.07) is 12.7. The van der Waals surface area contributed by atoms with Gasteiger partial charge in [0.2, 0.25) is 0 Å². The number of esters is 3. The molecule has 0 radical (unpaired) electrons. The van der Waals surface area contributed by atoms with Crippen LogP contribution in [0.5, 0.6) is 0 Å². The number of carbonyl (C=O) groups is 4. The van der Waals surface area contributed by atoms with Gasteiger partial charge < -0.3 is 34.1 Å². The van der Waals surface area contributed by atoms with Crippen LogP contribution in [0.4, 0.5) is 11.4 Å². The van der Waals surface area contributed by atoms with Gasteiger partial charge in [-0.2, -0.15) is 0 Å². The van der Waals surface area contributed by atoms with Crippen LogP contribution in [0.1, 0.15) is 94.2 Å². The van der Waals surface area contributed by atoms with Gasteiger partial charge in [-0.05, 0) is 93.1 Å². The van der Waals surface area contributed by atoms with Crippen LogP contribution < -0.4 is 5.32 Å². The monoisotopic (exact) mass is 1060 g/mol. The van der Waals surface area contributed by atoms with E-state index in [-0.39, 0.29) is 48.9 Å². The lowest BCUT2D eigenvalue weighted by Gasteiger charge is -2.30. The third-order valence-electron chi connectivity index (χ3n) is 12.0. The Morgan fingerprint density at radius 2 is 0.920 bits per heavy atom. The van der Waals surface area contributed by atoms with Crippen LogP contribution >= 0.6 is 0 Å². The number of rotatable bonds is 20. The van der Waals surface area contributed by atoms with Gasteiger partial charge in [-0.25, -0.2) is 0 Å². The first-order chi connectivity index (χ1) is 35.2. The second-order valence-electron chi connectivity index (χ2n) is 21.8. The molecule has 0 unspecified atom stereocenters. The number of benzene rings is 2. The molecule has 2 aliphatic rings. The Balaban J connectivity index is 0.000000532. The van der Waals surface area contributed by atoms with Gasteiger partial charge in [-0.3, -0.25) is 59.1 Å². The summed E-state index contributed by atoms with van der Waals surface area (Å²) >= 11 is 0. The topological polar surface area (TPSA) is 217 Å². The zero-order valence-corrected chi connectivity index (χ0v) is 47.5. The number of non-ortho nitro benzene ring substituents is 2. The van der Waals surface area contributed by atoms with E-state index in [0.717, 1.165) is 37.0 Å². The maximum Gasteiger partial charge on any atom is 0.320 e. The van der Waals surface area contributed by atoms with Crippen LogP contribution in [0, 0.1) is 20.2 Å². The zero-order valence-electron chi connectivity index (χ0n) is 47.5. The molecule has 0 aliphatic carbocycles. The molecule has 424 valence electrons. The quantitative estimate of drug-likeness (QED) is 0.0593. The summed E-state index contributed by atoms with van der Waals surface area (Å²) < 4.78 is 16.7. The SMILES string of the molecule is CC(C)(C)OC(=O)CN1CCN(CCN(CC(=O)OC(C)(C)C)Cc2ccc([N+](=O)[O-])cc2)CCN(CC(=O)OC(C)(C)C)CC1.CCN(CC=O)Cc1ccc([N+](=O)[O-])cc1.CCN1CCNCCN(CC)CC1. The predicted octanol–water partition coefficient (Wildman–Crippen LogP) is 5.19. The van der Waals surface area contributed by atoms with E-state index in [4.69, 9.17) is 14.2 Å². The Morgan fingerprint density at radius 3 is 1.27 bits per heavy atom. The molecule has 0 saturated carbocycles. The lowest BCUT2D eigenvalue weighted by Crippen LogP contribution is -2.43. The summed E-state index contributed by atoms with van der Waals surface area (Å²) in [5.41, 5.74) is 0.0831. The fourth-order valence-corrected chi connectivity index (χ4v) is 8.00. The van der Waals surface area contributed by atoms with Crippen molar-refractivity contribution in [3.8, 4) is 0 Å². The Kier molecular flexibility index (Phi) is 29.9. The molecule has 2 heterocycles. The van der Waals surface area contributed by atoms with Crippen molar-refractivity contribution in [2.75, 3.05) is 137 Å². The van der Waals surface area contributed by atoms with Crippen LogP contribution in [0.25, 0.3) is 0 Å². The van der Waals surface area contributed by atoms with Crippen molar-refractivity contribution in [1.29, 1.82) is 0 Å². The highest BCUT2D eigenvalue weighted by atomic mass is 16.6. The third kappa shape index (κ3) is 31.0. The summed E-state index contributed by atoms with van der Waals surface area (Å²) in [6.45, 7) is 39.9. The molecule has 4 rings (SSSR count). The Morgan fingerprint density at radius 1 is 0.560 bits per heavy atom. The number of nitrogens with zero attached hydrogens (tertiary/aromatic N) is 9. The average molecular weight is 1060 g/mol. The van der Waals surface area contributed by atoms with Crippen LogP contribution in [-0.4, -0.2) is 223 Å². The highest BCUT2D eigenvalue weighted by Gasteiger charge is 2.26. The second-order valence-corrected chi connectivity index (χ2v) is 21.8. The first-order valence-corrected chi connectivity index (χ1v) is 26.5. The Labute approximate surface area is 447 Å². The van der Waals surface area contributed by atoms with Crippen LogP contribution in [-0.2, 0) is 46.5 Å². The summed E-state index contributed by atoms with van der Waals surface area (Å²) in [5.74, 6) is -0.960. The van der Waals surface area contributed by atoms with Gasteiger partial charge in [0, 0.05) is 129 Å². The second kappa shape index (κ2) is 33.9. The van der Waals surface area contributed by atoms with E-state index in [1.165, 1.54) is 63.5 Å². The molecule has 2 aliphatic heterocycles. The standard InChI is InChI=1S/C33H55N5O8.C11H14N2O3.C10H23N3/c1-31(2,3)44-28(39)23-35-17-14-34(15-18-36(20-19-35)24-29(40)45-32(4,5)6)16-21-37(25-30(41)46-33(7,8)9)22-26-10-12-27(13-11-26)38(42)43;1-2-12(7-8-14)9-10-3-5-11(6-4-10)13(15)16;1-3-12-7-5-11-6-8-13(4-2)10-9-12/h10-13H,14-25H2,1-9H3;3-6,8H,2,7,9H2,1H3;11H,3-10H2,1-2H3. The maximum absolute atomic E-state index is 12.8. The van der Waals surface area contributed by atoms with E-state index < -0.39 is 26.6 Å². The van der Waals surface area contributed by atoms with Gasteiger partial charge >= 0.3 is 17.9 Å². The van der Waals surface area contributed by atoms with Crippen molar-refractivity contribution < 1.29 is 43.2 Å². The predicted molar refractivity (Wildman–Crippen MR) is 292 cm³/mol. The summed E-state index contributed by atoms with van der Waals surface area (Å²) in [6.07, 6.45) is 0.856. The number of likely N-dealkylation sites (N-methyl/N-ethyl adjacent to an activating group) is 3.